The molecule has 3 aromatic heterocycles. The number of nitrogen functional groups attached to an aromatic ring is 1. The minimum Gasteiger partial charge on any atom is -0.382 e. The third-order valence-electron chi connectivity index (χ3n) is 6.37. The smallest absolute Gasteiger partial charge is 0.382 e. The first-order valence-corrected chi connectivity index (χ1v) is 11.5. The lowest BCUT2D eigenvalue weighted by atomic mass is 10.0. The standard InChI is InChI=1S/C24H19F5N8O2/c1-11-5-15(25)13(19-7-14(24(27,28)29)20-21(30)31-10-33-37(19)20)6-12(11)22(38)34-18-9-36(8-16(18)26)23(39)17-3-2-4-32-35-17/h2-7,10,16,18H,8-9H2,1H3,(H,34,38)(H2,30,31,33). The number of likely N-dealkylation sites (tertiary alicyclic amines) is 1. The minimum atomic E-state index is -4.85. The number of rotatable bonds is 4. The predicted octanol–water partition coefficient (Wildman–Crippen LogP) is 2.83. The van der Waals surface area contributed by atoms with Gasteiger partial charge in [0.25, 0.3) is 11.8 Å². The molecule has 0 saturated carbocycles. The second-order valence-corrected chi connectivity index (χ2v) is 8.91. The Labute approximate surface area is 216 Å². The summed E-state index contributed by atoms with van der Waals surface area (Å²) in [5.74, 6) is -2.75. The molecule has 4 aromatic rings. The summed E-state index contributed by atoms with van der Waals surface area (Å²) < 4.78 is 71.8. The summed E-state index contributed by atoms with van der Waals surface area (Å²) in [6.45, 7) is 0.959. The molecule has 10 nitrogen and oxygen atoms in total. The van der Waals surface area contributed by atoms with Crippen molar-refractivity contribution in [1.29, 1.82) is 0 Å². The lowest BCUT2D eigenvalue weighted by molar-refractivity contribution is -0.136. The van der Waals surface area contributed by atoms with Crippen LogP contribution < -0.4 is 11.1 Å². The zero-order valence-electron chi connectivity index (χ0n) is 20.1. The number of fused-ring (bicyclic) bond motifs is 1. The third kappa shape index (κ3) is 4.70. The van der Waals surface area contributed by atoms with Crippen molar-refractivity contribution in [1.82, 2.24) is 35.0 Å². The molecule has 1 aliphatic rings. The zero-order valence-corrected chi connectivity index (χ0v) is 20.1. The molecule has 1 aromatic carbocycles. The summed E-state index contributed by atoms with van der Waals surface area (Å²) in [6.07, 6.45) is -4.17. The van der Waals surface area contributed by atoms with Gasteiger partial charge in [0.2, 0.25) is 0 Å². The number of nitrogens with zero attached hydrogens (tertiary/aromatic N) is 6. The van der Waals surface area contributed by atoms with E-state index in [1.54, 1.807) is 0 Å². The van der Waals surface area contributed by atoms with Gasteiger partial charge >= 0.3 is 6.18 Å². The summed E-state index contributed by atoms with van der Waals surface area (Å²) >= 11 is 0. The highest BCUT2D eigenvalue weighted by atomic mass is 19.4. The number of anilines is 1. The average Bonchev–Trinajstić information content (AvgIpc) is 3.46. The van der Waals surface area contributed by atoms with E-state index in [4.69, 9.17) is 5.73 Å². The van der Waals surface area contributed by atoms with Crippen molar-refractivity contribution in [3.63, 3.8) is 0 Å². The van der Waals surface area contributed by atoms with Crippen LogP contribution in [0.2, 0.25) is 0 Å². The molecule has 2 amide bonds. The number of hydrogen-bond donors (Lipinski definition) is 2. The molecule has 1 fully saturated rings. The van der Waals surface area contributed by atoms with Gasteiger partial charge in [-0.25, -0.2) is 18.3 Å². The highest BCUT2D eigenvalue weighted by Crippen LogP contribution is 2.39. The summed E-state index contributed by atoms with van der Waals surface area (Å²) in [7, 11) is 0. The molecule has 39 heavy (non-hydrogen) atoms. The summed E-state index contributed by atoms with van der Waals surface area (Å²) in [5, 5.41) is 13.6. The van der Waals surface area contributed by atoms with Crippen molar-refractivity contribution >= 4 is 23.1 Å². The fourth-order valence-electron chi connectivity index (χ4n) is 4.48. The van der Waals surface area contributed by atoms with Crippen LogP contribution in [0, 0.1) is 12.7 Å². The van der Waals surface area contributed by atoms with E-state index in [2.05, 4.69) is 25.6 Å². The van der Waals surface area contributed by atoms with Crippen molar-refractivity contribution in [2.45, 2.75) is 25.3 Å². The van der Waals surface area contributed by atoms with Gasteiger partial charge in [0.1, 0.15) is 23.8 Å². The summed E-state index contributed by atoms with van der Waals surface area (Å²) in [4.78, 5) is 30.5. The first-order valence-electron chi connectivity index (χ1n) is 11.5. The van der Waals surface area contributed by atoms with Crippen molar-refractivity contribution < 1.29 is 31.5 Å². The lowest BCUT2D eigenvalue weighted by Gasteiger charge is -2.17. The lowest BCUT2D eigenvalue weighted by Crippen LogP contribution is -2.42. The number of hydrogen-bond acceptors (Lipinski definition) is 7. The molecule has 0 aliphatic carbocycles. The molecule has 4 heterocycles. The van der Waals surface area contributed by atoms with Crippen LogP contribution in [0.4, 0.5) is 27.8 Å². The second-order valence-electron chi connectivity index (χ2n) is 8.91. The van der Waals surface area contributed by atoms with Crippen LogP contribution in [0.3, 0.4) is 0 Å². The van der Waals surface area contributed by atoms with Gasteiger partial charge < -0.3 is 16.0 Å². The number of aromatic nitrogens is 5. The minimum absolute atomic E-state index is 0.0118. The van der Waals surface area contributed by atoms with Crippen molar-refractivity contribution in [3.8, 4) is 11.3 Å². The Morgan fingerprint density at radius 2 is 1.95 bits per heavy atom. The quantitative estimate of drug-likeness (QED) is 0.377. The molecule has 1 saturated heterocycles. The van der Waals surface area contributed by atoms with Gasteiger partial charge in [-0.1, -0.05) is 0 Å². The van der Waals surface area contributed by atoms with Crippen LogP contribution in [0.1, 0.15) is 32.0 Å². The number of amides is 2. The van der Waals surface area contributed by atoms with Gasteiger partial charge in [-0.3, -0.25) is 9.59 Å². The Morgan fingerprint density at radius 3 is 2.64 bits per heavy atom. The van der Waals surface area contributed by atoms with Crippen molar-refractivity contribution in [2.75, 3.05) is 18.8 Å². The Balaban J connectivity index is 1.45. The van der Waals surface area contributed by atoms with Crippen LogP contribution >= 0.6 is 0 Å². The fourth-order valence-corrected chi connectivity index (χ4v) is 4.48. The fraction of sp³-hybridized carbons (Fsp3) is 0.250. The Hall–Kier alpha value is -4.69. The van der Waals surface area contributed by atoms with Crippen LogP contribution in [-0.2, 0) is 6.18 Å². The van der Waals surface area contributed by atoms with Crippen molar-refractivity contribution in [2.24, 2.45) is 0 Å². The highest BCUT2D eigenvalue weighted by Gasteiger charge is 2.39. The first kappa shape index (κ1) is 25.9. The van der Waals surface area contributed by atoms with E-state index in [0.29, 0.717) is 6.07 Å². The van der Waals surface area contributed by atoms with Gasteiger partial charge in [0, 0.05) is 23.9 Å². The van der Waals surface area contributed by atoms with E-state index in [0.717, 1.165) is 23.0 Å². The monoisotopic (exact) mass is 546 g/mol. The largest absolute Gasteiger partial charge is 0.418 e. The summed E-state index contributed by atoms with van der Waals surface area (Å²) in [5.41, 5.74) is 3.29. The topological polar surface area (TPSA) is 131 Å². The predicted molar refractivity (Wildman–Crippen MR) is 127 cm³/mol. The van der Waals surface area contributed by atoms with E-state index in [1.807, 2.05) is 0 Å². The molecule has 5 rings (SSSR count). The molecular formula is C24H19F5N8O2. The van der Waals surface area contributed by atoms with Gasteiger partial charge in [-0.2, -0.15) is 23.4 Å². The Bertz CT molecular complexity index is 1590. The number of alkyl halides is 4. The van der Waals surface area contributed by atoms with Crippen LogP contribution in [0.25, 0.3) is 16.8 Å². The van der Waals surface area contributed by atoms with Gasteiger partial charge in [0.05, 0.1) is 23.8 Å². The maximum Gasteiger partial charge on any atom is 0.418 e. The van der Waals surface area contributed by atoms with E-state index < -0.39 is 52.9 Å². The molecule has 1 aliphatic heterocycles. The highest BCUT2D eigenvalue weighted by molar-refractivity contribution is 5.97. The SMILES string of the molecule is Cc1cc(F)c(-c2cc(C(F)(F)F)c3c(N)ncnn23)cc1C(=O)NC1CN(C(=O)c2cccnn2)CC1F. The van der Waals surface area contributed by atoms with Crippen LogP contribution in [-0.4, -0.2) is 66.8 Å². The Kier molecular flexibility index (Phi) is 6.36. The first-order chi connectivity index (χ1) is 18.5. The molecule has 0 radical (unpaired) electrons. The normalized spacial score (nSPS) is 17.5. The maximum absolute atomic E-state index is 15.1. The molecule has 0 spiro atoms. The molecule has 15 heteroatoms. The number of carbonyl (C=O) groups is 2. The molecule has 202 valence electrons. The van der Waals surface area contributed by atoms with Gasteiger partial charge in [-0.15, -0.1) is 5.10 Å². The number of nitrogens with one attached hydrogen (secondary N) is 1. The molecular weight excluding hydrogens is 527 g/mol. The van der Waals surface area contributed by atoms with Crippen LogP contribution in [0.5, 0.6) is 0 Å². The number of halogens is 5. The maximum atomic E-state index is 15.1. The number of benzene rings is 1. The number of aryl methyl sites for hydroxylation is 1. The Morgan fingerprint density at radius 1 is 1.18 bits per heavy atom. The van der Waals surface area contributed by atoms with Gasteiger partial charge in [0.15, 0.2) is 11.5 Å². The average molecular weight is 546 g/mol. The molecule has 2 unspecified atom stereocenters. The van der Waals surface area contributed by atoms with E-state index in [1.165, 1.54) is 30.2 Å². The molecule has 0 bridgehead atoms. The van der Waals surface area contributed by atoms with E-state index in [-0.39, 0.29) is 41.2 Å². The third-order valence-corrected chi connectivity index (χ3v) is 6.37. The second kappa shape index (κ2) is 9.56. The number of nitrogens with two attached hydrogens (primary N) is 1. The summed E-state index contributed by atoms with van der Waals surface area (Å²) in [6, 6.07) is 4.54. The van der Waals surface area contributed by atoms with Crippen molar-refractivity contribution in [3.05, 3.63) is 71.1 Å². The zero-order chi connectivity index (χ0) is 28.1. The van der Waals surface area contributed by atoms with Gasteiger partial charge in [-0.05, 0) is 42.8 Å². The number of carbonyl (C=O) groups excluding carboxylic acids is 2. The van der Waals surface area contributed by atoms with Crippen LogP contribution in [0.15, 0.2) is 42.9 Å². The van der Waals surface area contributed by atoms with E-state index in [9.17, 15) is 27.2 Å². The molecule has 3 N–H and O–H groups in total. The molecule has 2 atom stereocenters. The van der Waals surface area contributed by atoms with E-state index >= 15 is 4.39 Å².